The molecular weight excluding hydrogens is 1690 g/mol. The van der Waals surface area contributed by atoms with E-state index in [4.69, 9.17) is 118 Å². The molecule has 7 rings (SSSR count). The van der Waals surface area contributed by atoms with Gasteiger partial charge in [0.1, 0.15) is 53.3 Å². The van der Waals surface area contributed by atoms with Gasteiger partial charge in [-0.2, -0.15) is 0 Å². The molecule has 6 aromatic carbocycles. The molecule has 0 atom stereocenters. The monoisotopic (exact) mass is 1850 g/mol. The van der Waals surface area contributed by atoms with Crippen LogP contribution in [0.4, 0.5) is 0 Å². The third kappa shape index (κ3) is 44.5. The van der Waals surface area contributed by atoms with Gasteiger partial charge in [-0.15, -0.1) is 0 Å². The molecule has 26 nitrogen and oxygen atoms in total. The molecule has 0 radical (unpaired) electrons. The van der Waals surface area contributed by atoms with E-state index in [0.29, 0.717) is 169 Å². The Hall–Kier alpha value is -5.70. The maximum Gasteiger partial charge on any atom is 0.505 e. The minimum Gasteiger partial charge on any atom is -0.497 e. The number of rotatable bonds is 57. The molecule has 32 heteroatoms. The second kappa shape index (κ2) is 65.8. The Morgan fingerprint density at radius 1 is 0.242 bits per heavy atom. The van der Waals surface area contributed by atoms with Crippen LogP contribution in [0.5, 0.6) is 46.0 Å². The molecule has 0 spiro atoms. The third-order valence-corrected chi connectivity index (χ3v) is 35.8. The Morgan fingerprint density at radius 3 is 0.774 bits per heavy atom. The minimum absolute atomic E-state index is 0.192. The molecule has 0 bridgehead atoms. The Morgan fingerprint density at radius 2 is 0.492 bits per heavy atom. The quantitative estimate of drug-likeness (QED) is 0.0322. The lowest BCUT2D eigenvalue weighted by molar-refractivity contribution is 0.0695. The third-order valence-electron chi connectivity index (χ3n) is 17.5. The number of aryl methyl sites for hydroxylation is 1. The summed E-state index contributed by atoms with van der Waals surface area (Å²) in [5, 5.41) is 0. The molecule has 0 saturated heterocycles. The van der Waals surface area contributed by atoms with Gasteiger partial charge in [0.25, 0.3) is 0 Å². The van der Waals surface area contributed by atoms with Crippen molar-refractivity contribution in [3.8, 4) is 46.0 Å². The van der Waals surface area contributed by atoms with Crippen LogP contribution >= 0.6 is 0 Å². The normalized spacial score (nSPS) is 12.2. The fourth-order valence-electron chi connectivity index (χ4n) is 13.1. The molecule has 124 heavy (non-hydrogen) atoms. The molecule has 1 heterocycles. The Balaban J connectivity index is 0.000000504. The number of hydrogen-bond acceptors (Lipinski definition) is 26. The van der Waals surface area contributed by atoms with Gasteiger partial charge < -0.3 is 118 Å². The van der Waals surface area contributed by atoms with E-state index >= 15 is 0 Å². The average molecular weight is 1850 g/mol. The predicted molar refractivity (Wildman–Crippen MR) is 503 cm³/mol. The molecular formula is C92H158O26Si6. The Labute approximate surface area is 753 Å². The van der Waals surface area contributed by atoms with Crippen molar-refractivity contribution >= 4 is 52.8 Å². The highest BCUT2D eigenvalue weighted by Gasteiger charge is 2.46. The van der Waals surface area contributed by atoms with Gasteiger partial charge in [-0.25, -0.2) is 0 Å². The van der Waals surface area contributed by atoms with Crippen LogP contribution in [0.2, 0.25) is 6.04 Å². The van der Waals surface area contributed by atoms with Crippen LogP contribution in [0.1, 0.15) is 192 Å². The van der Waals surface area contributed by atoms with Gasteiger partial charge in [0.05, 0.1) is 35.0 Å². The summed E-state index contributed by atoms with van der Waals surface area (Å²) in [6.45, 7) is 56.1. The van der Waals surface area contributed by atoms with Crippen LogP contribution < -0.4 is 37.9 Å². The van der Waals surface area contributed by atoms with Gasteiger partial charge in [0.2, 0.25) is 0 Å². The molecule has 0 saturated carbocycles. The largest absolute Gasteiger partial charge is 0.505 e. The van der Waals surface area contributed by atoms with E-state index in [2.05, 4.69) is 24.3 Å². The van der Waals surface area contributed by atoms with Gasteiger partial charge in [-0.1, -0.05) is 54.6 Å². The topological polar surface area (TPSA) is 240 Å². The molecule has 0 fully saturated rings. The lowest BCUT2D eigenvalue weighted by Crippen LogP contribution is -2.48. The first-order valence-electron chi connectivity index (χ1n) is 44.6. The molecule has 6 aromatic rings. The fraction of sp³-hybridized carbons (Fsp3) is 0.609. The van der Waals surface area contributed by atoms with Crippen molar-refractivity contribution in [2.75, 3.05) is 167 Å². The zero-order valence-corrected chi connectivity index (χ0v) is 86.3. The average Bonchev–Trinajstić information content (AvgIpc) is 0.798. The summed E-state index contributed by atoms with van der Waals surface area (Å²) in [7, 11) is -9.13. The van der Waals surface area contributed by atoms with Crippen molar-refractivity contribution in [1.82, 2.24) is 0 Å². The lowest BCUT2D eigenvalue weighted by Gasteiger charge is -2.29. The predicted octanol–water partition coefficient (Wildman–Crippen LogP) is 19.1. The summed E-state index contributed by atoms with van der Waals surface area (Å²) in [6, 6.07) is 48.1. The summed E-state index contributed by atoms with van der Waals surface area (Å²) in [6.07, 6.45) is 1.99. The van der Waals surface area contributed by atoms with E-state index in [-0.39, 0.29) is 5.60 Å². The SMILES string of the molecule is CCO[Si](CCCc1ccc(OC)cc1)(OCC)OCC.CCO[Si](Cc1cc(OC)cc(OC)c1)(OCC)OCC.CCO[Si](Cc1ccc(OC(C)(C)C)cc1)(OCC)OCC.CCO[Si](Cc1ccc(OC)cc1)(OCC)OCC.CCO[Si](Cc1ccc2c(c1)OCCO2)(OCC)OCC.CCOc1ccc(C[Si](OCC)(OCC)OCC)cc1. The van der Waals surface area contributed by atoms with Crippen molar-refractivity contribution < 1.29 is 118 Å². The van der Waals surface area contributed by atoms with Crippen LogP contribution in [0.3, 0.4) is 0 Å². The van der Waals surface area contributed by atoms with E-state index < -0.39 is 52.8 Å². The number of methoxy groups -OCH3 is 4. The number of ether oxygens (including phenoxy) is 8. The van der Waals surface area contributed by atoms with Crippen LogP contribution in [0, 0.1) is 0 Å². The number of hydrogen-bond donors (Lipinski definition) is 0. The first-order chi connectivity index (χ1) is 59.8. The van der Waals surface area contributed by atoms with Crippen molar-refractivity contribution in [1.29, 1.82) is 0 Å². The van der Waals surface area contributed by atoms with Crippen molar-refractivity contribution in [2.24, 2.45) is 0 Å². The van der Waals surface area contributed by atoms with Gasteiger partial charge in [0.15, 0.2) is 11.5 Å². The second-order valence-electron chi connectivity index (χ2n) is 28.0. The molecule has 0 amide bonds. The highest BCUT2D eigenvalue weighted by Crippen LogP contribution is 2.34. The second-order valence-corrected chi connectivity index (χ2v) is 43.6. The van der Waals surface area contributed by atoms with Crippen LogP contribution in [0.25, 0.3) is 0 Å². The first-order valence-corrected chi connectivity index (χ1v) is 56.2. The van der Waals surface area contributed by atoms with Crippen molar-refractivity contribution in [2.45, 2.75) is 207 Å². The summed E-state index contributed by atoms with van der Waals surface area (Å²) in [4.78, 5) is 0. The molecule has 0 unspecified atom stereocenters. The van der Waals surface area contributed by atoms with E-state index in [1.54, 1.807) is 28.4 Å². The smallest absolute Gasteiger partial charge is 0.497 e. The summed E-state index contributed by atoms with van der Waals surface area (Å²) >= 11 is 0. The molecule has 0 aliphatic carbocycles. The minimum atomic E-state index is -2.72. The summed E-state index contributed by atoms with van der Waals surface area (Å²) < 4.78 is 149. The summed E-state index contributed by atoms with van der Waals surface area (Å²) in [5.74, 6) is 6.56. The Kier molecular flexibility index (Phi) is 60.7. The van der Waals surface area contributed by atoms with Gasteiger partial charge >= 0.3 is 52.8 Å². The maximum atomic E-state index is 5.89. The first kappa shape index (κ1) is 114. The zero-order valence-electron chi connectivity index (χ0n) is 80.3. The molecule has 1 aliphatic rings. The molecule has 1 aliphatic heterocycles. The van der Waals surface area contributed by atoms with E-state index in [1.807, 2.05) is 262 Å². The molecule has 0 N–H and O–H groups in total. The van der Waals surface area contributed by atoms with E-state index in [1.165, 1.54) is 5.56 Å². The number of fused-ring (bicyclic) bond motifs is 1. The molecule has 706 valence electrons. The zero-order chi connectivity index (χ0) is 92.0. The van der Waals surface area contributed by atoms with Crippen LogP contribution in [-0.4, -0.2) is 226 Å². The summed E-state index contributed by atoms with van der Waals surface area (Å²) in [5.41, 5.74) is 6.64. The highest BCUT2D eigenvalue weighted by molar-refractivity contribution is 6.62. The lowest BCUT2D eigenvalue weighted by atomic mass is 10.1. The number of benzene rings is 6. The fourth-order valence-corrected chi connectivity index (χ4v) is 28.7. The van der Waals surface area contributed by atoms with Crippen molar-refractivity contribution in [3.05, 3.63) is 167 Å². The van der Waals surface area contributed by atoms with Gasteiger partial charge in [-0.05, 0) is 271 Å². The van der Waals surface area contributed by atoms with E-state index in [9.17, 15) is 0 Å². The van der Waals surface area contributed by atoms with Crippen LogP contribution in [0.15, 0.2) is 133 Å². The highest BCUT2D eigenvalue weighted by atomic mass is 28.4. The molecule has 0 aromatic heterocycles. The van der Waals surface area contributed by atoms with Gasteiger partial charge in [0, 0.05) is 161 Å². The Bertz CT molecular complexity index is 3480. The van der Waals surface area contributed by atoms with Crippen LogP contribution in [-0.2, 0) is 116 Å². The maximum absolute atomic E-state index is 5.89. The van der Waals surface area contributed by atoms with E-state index in [0.717, 1.165) is 92.7 Å². The van der Waals surface area contributed by atoms with Gasteiger partial charge in [-0.3, -0.25) is 0 Å². The van der Waals surface area contributed by atoms with Crippen molar-refractivity contribution in [3.63, 3.8) is 0 Å². The standard InChI is InChI=1S/C17H30O4Si.C16H28O4Si.C15H24O5Si.C15H26O5Si.C15H26O4Si.C14H24O4Si/c1-7-18-22(19-8-2,20-9-3)14-15-10-12-16(13-11-15)21-17(4,5)6;1-5-18-21(19-6-2,20-7-3)14-8-9-15-10-12-16(17-4)13-11-15;1-4-18-21(19-5-2,20-6-3)12-13-7-8-14-15(11-13)17-10-9-16-14;1-6-18-21(19-7-2,20-8-3)12-13-9-14(16-4)11-15(10-13)17-5;1-5-16-15-11-9-14(10-12-15)13-20(17-6-2,18-7-3)19-8-4;1-5-16-19(17-6-2,18-7-3)12-13-8-10-14(15-4)11-9-13/h10-13H,7-9,14H2,1-6H3;10-13H,5-9,14H2,1-4H3;7-8,11H,4-6,9-10,12H2,1-3H3;9-11H,6-8,12H2,1-5H3;9-12H,5-8,13H2,1-4H3;8-11H,5-7,12H2,1-4H3.